The molecule has 0 rings (SSSR count). The van der Waals surface area contributed by atoms with Crippen LogP contribution in [0.3, 0.4) is 0 Å². The van der Waals surface area contributed by atoms with Gasteiger partial charge in [-0.3, -0.25) is 0 Å². The molecule has 3 nitrogen and oxygen atoms in total. The summed E-state index contributed by atoms with van der Waals surface area (Å²) >= 11 is -0.144. The molecule has 5 heteroatoms. The van der Waals surface area contributed by atoms with Crippen molar-refractivity contribution in [2.45, 2.75) is 6.92 Å². The van der Waals surface area contributed by atoms with Crippen molar-refractivity contribution in [2.24, 2.45) is 0 Å². The van der Waals surface area contributed by atoms with Crippen molar-refractivity contribution in [1.29, 1.82) is 0 Å². The van der Waals surface area contributed by atoms with E-state index in [4.69, 9.17) is 8.42 Å². The van der Waals surface area contributed by atoms with Crippen LogP contribution in [0.15, 0.2) is 0 Å². The molecule has 42 valence electrons. The molecule has 0 fully saturated rings. The highest BCUT2D eigenvalue weighted by Gasteiger charge is 1.77. The van der Waals surface area contributed by atoms with Crippen molar-refractivity contribution in [3.8, 4) is 0 Å². The van der Waals surface area contributed by atoms with Crippen LogP contribution in [0.1, 0.15) is 6.92 Å². The van der Waals surface area contributed by atoms with E-state index in [1.165, 1.54) is 0 Å². The molecule has 0 aromatic carbocycles. The molecule has 0 spiro atoms. The Bertz CT molecular complexity index is 65.3. The Balaban J connectivity index is 0. The van der Waals surface area contributed by atoms with Crippen LogP contribution < -0.4 is 0 Å². The van der Waals surface area contributed by atoms with E-state index in [2.05, 4.69) is 0 Å². The summed E-state index contributed by atoms with van der Waals surface area (Å²) in [5.74, 6) is 0.681. The van der Waals surface area contributed by atoms with Gasteiger partial charge < -0.3 is 0 Å². The highest BCUT2D eigenvalue weighted by molar-refractivity contribution is 7.65. The molecular weight excluding hydrogens is 136 g/mol. The molecule has 0 aliphatic heterocycles. The van der Waals surface area contributed by atoms with Gasteiger partial charge in [0.25, 0.3) is 0 Å². The Morgan fingerprint density at radius 3 is 1.71 bits per heavy atom. The van der Waals surface area contributed by atoms with Gasteiger partial charge in [-0.15, -0.1) is 0 Å². The Kier molecular flexibility index (Phi) is 24.1. The first-order valence-corrected chi connectivity index (χ1v) is 3.07. The van der Waals surface area contributed by atoms with Crippen LogP contribution in [0.5, 0.6) is 0 Å². The second-order valence-corrected chi connectivity index (χ2v) is 1.42. The van der Waals surface area contributed by atoms with E-state index >= 15 is 0 Å². The number of rotatable bonds is 1. The highest BCUT2D eigenvalue weighted by Crippen LogP contribution is 1.45. The molecule has 0 bridgehead atoms. The summed E-state index contributed by atoms with van der Waals surface area (Å²) in [6.07, 6.45) is 0. The molecule has 0 unspecified atom stereocenters. The predicted molar refractivity (Wildman–Crippen MR) is 27.5 cm³/mol. The smallest absolute Gasteiger partial charge is 0.168 e. The topological polar surface area (TPSA) is 51.2 Å². The fourth-order valence-electron chi connectivity index (χ4n) is 0. The lowest BCUT2D eigenvalue weighted by Gasteiger charge is -1.29. The van der Waals surface area contributed by atoms with Gasteiger partial charge in [0.2, 0.25) is 5.75 Å². The lowest BCUT2D eigenvalue weighted by atomic mass is 11.0. The zero-order valence-corrected chi connectivity index (χ0v) is 5.38. The third-order valence-electron chi connectivity index (χ3n) is 0.118. The summed E-state index contributed by atoms with van der Waals surface area (Å²) < 4.78 is 25.8. The average molecular weight is 141 g/mol. The van der Waals surface area contributed by atoms with Gasteiger partial charge in [-0.1, -0.05) is 0 Å². The zero-order valence-electron chi connectivity index (χ0n) is 3.75. The number of hydrogen-bond donors (Lipinski definition) is 0. The van der Waals surface area contributed by atoms with Crippen molar-refractivity contribution >= 4 is 23.2 Å². The maximum Gasteiger partial charge on any atom is 0.458 e. The van der Waals surface area contributed by atoms with Gasteiger partial charge >= 0.3 is 23.2 Å². The Hall–Kier alpha value is -0.160. The monoisotopic (exact) mass is 141 g/mol. The Labute approximate surface area is 49.2 Å². The molecule has 0 radical (unpaired) electrons. The average Bonchev–Trinajstić information content (AvgIpc) is 1.69. The molecule has 0 saturated carbocycles. The van der Waals surface area contributed by atoms with E-state index in [1.54, 1.807) is 0 Å². The molecular formula is C2H5O3S2+. The minimum atomic E-state index is -0.750. The lowest BCUT2D eigenvalue weighted by molar-refractivity contribution is 0.605. The van der Waals surface area contributed by atoms with E-state index in [9.17, 15) is 4.21 Å². The maximum absolute atomic E-state index is 9.22. The third-order valence-corrected chi connectivity index (χ3v) is 0.354. The quantitative estimate of drug-likeness (QED) is 0.474. The van der Waals surface area contributed by atoms with Gasteiger partial charge in [0.15, 0.2) is 0 Å². The molecule has 0 aliphatic rings. The van der Waals surface area contributed by atoms with Crippen molar-refractivity contribution < 1.29 is 12.6 Å². The van der Waals surface area contributed by atoms with Crippen molar-refractivity contribution in [3.05, 3.63) is 0 Å². The van der Waals surface area contributed by atoms with Gasteiger partial charge in [-0.05, 0) is 6.92 Å². The Morgan fingerprint density at radius 2 is 1.71 bits per heavy atom. The van der Waals surface area contributed by atoms with Crippen LogP contribution in [-0.4, -0.2) is 14.2 Å². The SMILES string of the molecule is CC[S+]=O.O=S=O. The molecule has 0 N–H and O–H groups in total. The molecule has 0 aromatic rings. The fourth-order valence-corrected chi connectivity index (χ4v) is 0. The highest BCUT2D eigenvalue weighted by atomic mass is 32.1. The van der Waals surface area contributed by atoms with Crippen molar-refractivity contribution in [2.75, 3.05) is 5.75 Å². The zero-order chi connectivity index (χ0) is 6.12. The predicted octanol–water partition coefficient (Wildman–Crippen LogP) is -0.236. The maximum atomic E-state index is 9.22. The van der Waals surface area contributed by atoms with Crippen LogP contribution in [0, 0.1) is 0 Å². The molecule has 0 aliphatic carbocycles. The molecule has 0 saturated heterocycles. The molecule has 0 atom stereocenters. The second-order valence-electron chi connectivity index (χ2n) is 0.475. The normalized spacial score (nSPS) is 5.29. The first-order chi connectivity index (χ1) is 3.33. The second kappa shape index (κ2) is 17.0. The van der Waals surface area contributed by atoms with Crippen LogP contribution >= 0.6 is 0 Å². The molecule has 0 amide bonds. The van der Waals surface area contributed by atoms with E-state index in [0.717, 1.165) is 0 Å². The van der Waals surface area contributed by atoms with E-state index < -0.39 is 11.6 Å². The van der Waals surface area contributed by atoms with Gasteiger partial charge in [-0.2, -0.15) is 8.42 Å². The minimum Gasteiger partial charge on any atom is -0.168 e. The summed E-state index contributed by atoms with van der Waals surface area (Å²) in [5.41, 5.74) is 0. The first-order valence-electron chi connectivity index (χ1n) is 1.50. The van der Waals surface area contributed by atoms with E-state index in [-0.39, 0.29) is 0 Å². The summed E-state index contributed by atoms with van der Waals surface area (Å²) in [5, 5.41) is 0. The van der Waals surface area contributed by atoms with Gasteiger partial charge in [0.05, 0.1) is 0 Å². The van der Waals surface area contributed by atoms with E-state index in [1.807, 2.05) is 6.92 Å². The Morgan fingerprint density at radius 1 is 1.57 bits per heavy atom. The van der Waals surface area contributed by atoms with Crippen molar-refractivity contribution in [1.82, 2.24) is 0 Å². The standard InChI is InChI=1S/C2H5OS.O2S/c1-2-4-3;1-3-2/h2H2,1H3;/q+1;. The lowest BCUT2D eigenvalue weighted by Crippen LogP contribution is -1.59. The third kappa shape index (κ3) is 122. The number of hydrogen-bond acceptors (Lipinski definition) is 3. The molecule has 0 heterocycles. The largest absolute Gasteiger partial charge is 0.458 e. The fraction of sp³-hybridized carbons (Fsp3) is 1.00. The summed E-state index contributed by atoms with van der Waals surface area (Å²) in [6, 6.07) is 0. The van der Waals surface area contributed by atoms with Crippen LogP contribution in [-0.2, 0) is 27.4 Å². The van der Waals surface area contributed by atoms with Crippen LogP contribution in [0.2, 0.25) is 0 Å². The van der Waals surface area contributed by atoms with Crippen LogP contribution in [0.25, 0.3) is 0 Å². The van der Waals surface area contributed by atoms with E-state index in [0.29, 0.717) is 17.4 Å². The van der Waals surface area contributed by atoms with Gasteiger partial charge in [-0.25, -0.2) is 0 Å². The first kappa shape index (κ1) is 9.96. The summed E-state index contributed by atoms with van der Waals surface area (Å²) in [4.78, 5) is 0. The summed E-state index contributed by atoms with van der Waals surface area (Å²) in [7, 11) is 0. The minimum absolute atomic E-state index is 0.606. The van der Waals surface area contributed by atoms with Crippen molar-refractivity contribution in [3.63, 3.8) is 0 Å². The molecule has 0 aromatic heterocycles. The van der Waals surface area contributed by atoms with Crippen LogP contribution in [0.4, 0.5) is 0 Å². The molecule has 7 heavy (non-hydrogen) atoms. The van der Waals surface area contributed by atoms with Gasteiger partial charge in [0.1, 0.15) is 0 Å². The van der Waals surface area contributed by atoms with Gasteiger partial charge in [0, 0.05) is 4.21 Å². The summed E-state index contributed by atoms with van der Waals surface area (Å²) in [6.45, 7) is 1.83.